The molecule has 1 amide bonds. The summed E-state index contributed by atoms with van der Waals surface area (Å²) in [4.78, 5) is 11.8. The largest absolute Gasteiger partial charge is 0.496 e. The van der Waals surface area contributed by atoms with E-state index in [1.165, 1.54) is 6.08 Å². The third kappa shape index (κ3) is 4.70. The van der Waals surface area contributed by atoms with Gasteiger partial charge >= 0.3 is 0 Å². The van der Waals surface area contributed by atoms with E-state index in [0.717, 1.165) is 16.9 Å². The Morgan fingerprint density at radius 2 is 2.15 bits per heavy atom. The number of aliphatic hydroxyl groups is 1. The lowest BCUT2D eigenvalue weighted by molar-refractivity contribution is -0.117. The molecule has 0 unspecified atom stereocenters. The zero-order chi connectivity index (χ0) is 15.1. The molecule has 4 nitrogen and oxygen atoms in total. The number of methoxy groups -OCH3 is 1. The van der Waals surface area contributed by atoms with Crippen LogP contribution in [0.3, 0.4) is 0 Å². The second kappa shape index (κ2) is 7.70. The zero-order valence-corrected chi connectivity index (χ0v) is 12.5. The van der Waals surface area contributed by atoms with E-state index >= 15 is 0 Å². The van der Waals surface area contributed by atoms with Crippen molar-refractivity contribution in [1.29, 1.82) is 0 Å². The fraction of sp³-hybridized carbons (Fsp3) is 0.438. The minimum absolute atomic E-state index is 0.0645. The van der Waals surface area contributed by atoms with Crippen LogP contribution in [0.15, 0.2) is 24.3 Å². The normalized spacial score (nSPS) is 12.7. The maximum atomic E-state index is 11.8. The summed E-state index contributed by atoms with van der Waals surface area (Å²) in [6.07, 6.45) is 3.18. The molecule has 1 atom stereocenters. The molecule has 0 saturated heterocycles. The number of hydrogen-bond acceptors (Lipinski definition) is 3. The highest BCUT2D eigenvalue weighted by atomic mass is 16.5. The number of amides is 1. The van der Waals surface area contributed by atoms with Crippen molar-refractivity contribution in [3.63, 3.8) is 0 Å². The zero-order valence-electron chi connectivity index (χ0n) is 12.5. The van der Waals surface area contributed by atoms with E-state index in [0.29, 0.717) is 0 Å². The second-order valence-electron chi connectivity index (χ2n) is 5.12. The molecule has 0 radical (unpaired) electrons. The molecule has 2 N–H and O–H groups in total. The molecule has 0 heterocycles. The fourth-order valence-electron chi connectivity index (χ4n) is 1.80. The highest BCUT2D eigenvalue weighted by Crippen LogP contribution is 2.20. The lowest BCUT2D eigenvalue weighted by Crippen LogP contribution is -2.40. The van der Waals surface area contributed by atoms with Crippen LogP contribution in [0.5, 0.6) is 5.75 Å². The van der Waals surface area contributed by atoms with E-state index in [-0.39, 0.29) is 24.5 Å². The molecule has 1 aromatic carbocycles. The van der Waals surface area contributed by atoms with Gasteiger partial charge in [-0.25, -0.2) is 0 Å². The number of carbonyl (C=O) groups excluding carboxylic acids is 1. The van der Waals surface area contributed by atoms with Gasteiger partial charge in [0, 0.05) is 11.6 Å². The number of rotatable bonds is 6. The van der Waals surface area contributed by atoms with Crippen molar-refractivity contribution >= 4 is 12.0 Å². The quantitative estimate of drug-likeness (QED) is 0.783. The van der Waals surface area contributed by atoms with Crippen molar-refractivity contribution < 1.29 is 14.6 Å². The van der Waals surface area contributed by atoms with Crippen molar-refractivity contribution in [1.82, 2.24) is 5.32 Å². The lowest BCUT2D eigenvalue weighted by atomic mass is 10.1. The van der Waals surface area contributed by atoms with Gasteiger partial charge in [-0.3, -0.25) is 4.79 Å². The molecule has 0 aliphatic rings. The van der Waals surface area contributed by atoms with E-state index in [1.54, 1.807) is 13.2 Å². The first-order valence-corrected chi connectivity index (χ1v) is 6.72. The number of aryl methyl sites for hydroxylation is 1. The fourth-order valence-corrected chi connectivity index (χ4v) is 1.80. The average molecular weight is 277 g/mol. The molecule has 0 bridgehead atoms. The maximum absolute atomic E-state index is 11.8. The van der Waals surface area contributed by atoms with Crippen molar-refractivity contribution in [2.75, 3.05) is 13.7 Å². The van der Waals surface area contributed by atoms with Crippen LogP contribution >= 0.6 is 0 Å². The van der Waals surface area contributed by atoms with Gasteiger partial charge in [0.15, 0.2) is 0 Å². The summed E-state index contributed by atoms with van der Waals surface area (Å²) in [5.74, 6) is 0.689. The molecule has 0 saturated carbocycles. The third-order valence-corrected chi connectivity index (χ3v) is 3.13. The number of benzene rings is 1. The molecule has 1 rings (SSSR count). The van der Waals surface area contributed by atoms with Crippen molar-refractivity contribution in [2.45, 2.75) is 26.8 Å². The summed E-state index contributed by atoms with van der Waals surface area (Å²) in [7, 11) is 1.60. The number of nitrogens with one attached hydrogen (secondary N) is 1. The first-order valence-electron chi connectivity index (χ1n) is 6.72. The van der Waals surface area contributed by atoms with E-state index in [1.807, 2.05) is 39.0 Å². The van der Waals surface area contributed by atoms with E-state index in [4.69, 9.17) is 4.74 Å². The highest BCUT2D eigenvalue weighted by Gasteiger charge is 2.13. The van der Waals surface area contributed by atoms with Crippen LogP contribution in [-0.2, 0) is 4.79 Å². The molecule has 1 aromatic rings. The van der Waals surface area contributed by atoms with Gasteiger partial charge in [0.1, 0.15) is 5.75 Å². The summed E-state index contributed by atoms with van der Waals surface area (Å²) >= 11 is 0. The molecular formula is C16H23NO3. The Morgan fingerprint density at radius 3 is 2.70 bits per heavy atom. The summed E-state index contributed by atoms with van der Waals surface area (Å²) < 4.78 is 5.25. The summed E-state index contributed by atoms with van der Waals surface area (Å²) in [5.41, 5.74) is 1.95. The SMILES string of the molecule is COc1ccc(C)cc1C=CC(=O)N[C@H](CO)C(C)C. The minimum Gasteiger partial charge on any atom is -0.496 e. The van der Waals surface area contributed by atoms with Crippen LogP contribution in [0, 0.1) is 12.8 Å². The Balaban J connectivity index is 2.77. The molecule has 0 aromatic heterocycles. The molecule has 0 aliphatic heterocycles. The van der Waals surface area contributed by atoms with Gasteiger partial charge in [-0.2, -0.15) is 0 Å². The van der Waals surface area contributed by atoms with Crippen LogP contribution in [0.2, 0.25) is 0 Å². The van der Waals surface area contributed by atoms with E-state index in [9.17, 15) is 9.90 Å². The Hall–Kier alpha value is -1.81. The lowest BCUT2D eigenvalue weighted by Gasteiger charge is -2.18. The highest BCUT2D eigenvalue weighted by molar-refractivity contribution is 5.92. The van der Waals surface area contributed by atoms with Gasteiger partial charge in [0.2, 0.25) is 5.91 Å². The Labute approximate surface area is 120 Å². The van der Waals surface area contributed by atoms with Gasteiger partial charge in [-0.15, -0.1) is 0 Å². The third-order valence-electron chi connectivity index (χ3n) is 3.13. The van der Waals surface area contributed by atoms with Crippen molar-refractivity contribution in [2.24, 2.45) is 5.92 Å². The average Bonchev–Trinajstić information content (AvgIpc) is 2.42. The molecule has 0 spiro atoms. The predicted octanol–water partition coefficient (Wildman–Crippen LogP) is 2.15. The monoisotopic (exact) mass is 277 g/mol. The minimum atomic E-state index is -0.230. The smallest absolute Gasteiger partial charge is 0.244 e. The van der Waals surface area contributed by atoms with Gasteiger partial charge in [-0.05, 0) is 31.1 Å². The molecule has 0 fully saturated rings. The molecule has 0 aliphatic carbocycles. The van der Waals surface area contributed by atoms with Crippen LogP contribution in [-0.4, -0.2) is 30.8 Å². The van der Waals surface area contributed by atoms with Crippen LogP contribution < -0.4 is 10.1 Å². The summed E-state index contributed by atoms with van der Waals surface area (Å²) in [6, 6.07) is 5.55. The second-order valence-corrected chi connectivity index (χ2v) is 5.12. The molecule has 4 heteroatoms. The van der Waals surface area contributed by atoms with Gasteiger partial charge < -0.3 is 15.2 Å². The molecule has 110 valence electrons. The molecular weight excluding hydrogens is 254 g/mol. The van der Waals surface area contributed by atoms with Crippen molar-refractivity contribution in [3.8, 4) is 5.75 Å². The number of hydrogen-bond donors (Lipinski definition) is 2. The Kier molecular flexibility index (Phi) is 6.25. The van der Waals surface area contributed by atoms with Crippen LogP contribution in [0.4, 0.5) is 0 Å². The number of aliphatic hydroxyl groups excluding tert-OH is 1. The van der Waals surface area contributed by atoms with Gasteiger partial charge in [-0.1, -0.05) is 25.5 Å². The van der Waals surface area contributed by atoms with Gasteiger partial charge in [0.25, 0.3) is 0 Å². The topological polar surface area (TPSA) is 58.6 Å². The van der Waals surface area contributed by atoms with E-state index in [2.05, 4.69) is 5.32 Å². The number of carbonyl (C=O) groups is 1. The summed E-state index contributed by atoms with van der Waals surface area (Å²) in [5, 5.41) is 12.0. The van der Waals surface area contributed by atoms with Crippen LogP contribution in [0.25, 0.3) is 6.08 Å². The first kappa shape index (κ1) is 16.2. The van der Waals surface area contributed by atoms with Gasteiger partial charge in [0.05, 0.1) is 19.8 Å². The standard InChI is InChI=1S/C16H23NO3/c1-11(2)14(10-18)17-16(19)8-6-13-9-12(3)5-7-15(13)20-4/h5-9,11,14,18H,10H2,1-4H3,(H,17,19)/t14-/m1/s1. The van der Waals surface area contributed by atoms with E-state index < -0.39 is 0 Å². The Bertz CT molecular complexity index is 481. The van der Waals surface area contributed by atoms with Crippen molar-refractivity contribution in [3.05, 3.63) is 35.4 Å². The van der Waals surface area contributed by atoms with Crippen LogP contribution in [0.1, 0.15) is 25.0 Å². The maximum Gasteiger partial charge on any atom is 0.244 e. The summed E-state index contributed by atoms with van der Waals surface area (Å²) in [6.45, 7) is 5.82. The number of ether oxygens (including phenoxy) is 1. The predicted molar refractivity (Wildman–Crippen MR) is 80.6 cm³/mol. The molecule has 20 heavy (non-hydrogen) atoms. The first-order chi connectivity index (χ1) is 9.47. The Morgan fingerprint density at radius 1 is 1.45 bits per heavy atom.